The van der Waals surface area contributed by atoms with E-state index in [2.05, 4.69) is 10.3 Å². The molecule has 1 aliphatic carbocycles. The Hall–Kier alpha value is -0.940. The molecule has 1 heterocycles. The van der Waals surface area contributed by atoms with E-state index in [1.54, 1.807) is 17.8 Å². The highest BCUT2D eigenvalue weighted by Crippen LogP contribution is 2.29. The average molecular weight is 197 g/mol. The van der Waals surface area contributed by atoms with Crippen LogP contribution in [-0.2, 0) is 0 Å². The van der Waals surface area contributed by atoms with E-state index < -0.39 is 6.10 Å². The largest absolute Gasteiger partial charge is 0.391 e. The van der Waals surface area contributed by atoms with Crippen molar-refractivity contribution >= 4 is 0 Å². The molecule has 0 aromatic carbocycles. The first-order valence-electron chi connectivity index (χ1n) is 4.96. The molecule has 2 rings (SSSR count). The molecule has 3 unspecified atom stereocenters. The van der Waals surface area contributed by atoms with Gasteiger partial charge in [0.25, 0.3) is 0 Å². The van der Waals surface area contributed by atoms with Crippen molar-refractivity contribution in [2.75, 3.05) is 0 Å². The summed E-state index contributed by atoms with van der Waals surface area (Å²) < 4.78 is 1.67. The first-order chi connectivity index (χ1) is 6.68. The van der Waals surface area contributed by atoms with Crippen LogP contribution in [0.5, 0.6) is 0 Å². The normalized spacial score (nSPS) is 29.4. The number of nitrogens with zero attached hydrogens (tertiary/aromatic N) is 3. The standard InChI is InChI=1S/C9H15N3O2/c1-6(13)7-5-12(11-10-7)8-3-2-4-9(8)14/h5-6,8-9,13-14H,2-4H2,1H3. The molecule has 5 nitrogen and oxygen atoms in total. The zero-order valence-corrected chi connectivity index (χ0v) is 8.17. The Bertz CT molecular complexity index is 311. The molecule has 0 spiro atoms. The SMILES string of the molecule is CC(O)c1cn(C2CCCC2O)nn1. The first kappa shape index (κ1) is 9.61. The fourth-order valence-corrected chi connectivity index (χ4v) is 1.87. The van der Waals surface area contributed by atoms with Gasteiger partial charge < -0.3 is 10.2 Å². The maximum atomic E-state index is 9.64. The molecule has 78 valence electrons. The van der Waals surface area contributed by atoms with Crippen molar-refractivity contribution in [3.8, 4) is 0 Å². The zero-order chi connectivity index (χ0) is 10.1. The van der Waals surface area contributed by atoms with Crippen LogP contribution in [0.1, 0.15) is 44.0 Å². The van der Waals surface area contributed by atoms with Crippen molar-refractivity contribution in [1.82, 2.24) is 15.0 Å². The zero-order valence-electron chi connectivity index (χ0n) is 8.17. The number of aliphatic hydroxyl groups is 2. The van der Waals surface area contributed by atoms with Crippen molar-refractivity contribution in [3.63, 3.8) is 0 Å². The minimum absolute atomic E-state index is 0.0370. The summed E-state index contributed by atoms with van der Waals surface area (Å²) in [5.74, 6) is 0. The van der Waals surface area contributed by atoms with Gasteiger partial charge >= 0.3 is 0 Å². The smallest absolute Gasteiger partial charge is 0.111 e. The molecule has 2 N–H and O–H groups in total. The lowest BCUT2D eigenvalue weighted by molar-refractivity contribution is 0.129. The Morgan fingerprint density at radius 2 is 2.36 bits per heavy atom. The molecular formula is C9H15N3O2. The van der Waals surface area contributed by atoms with Gasteiger partial charge in [-0.2, -0.15) is 0 Å². The van der Waals surface area contributed by atoms with Gasteiger partial charge in [-0.25, -0.2) is 4.68 Å². The maximum Gasteiger partial charge on any atom is 0.111 e. The van der Waals surface area contributed by atoms with Crippen molar-refractivity contribution in [2.45, 2.75) is 44.4 Å². The van der Waals surface area contributed by atoms with Gasteiger partial charge in [-0.15, -0.1) is 5.10 Å². The van der Waals surface area contributed by atoms with E-state index in [0.29, 0.717) is 5.69 Å². The van der Waals surface area contributed by atoms with Crippen LogP contribution in [-0.4, -0.2) is 31.3 Å². The summed E-state index contributed by atoms with van der Waals surface area (Å²) in [4.78, 5) is 0. The molecule has 0 saturated heterocycles. The topological polar surface area (TPSA) is 71.2 Å². The van der Waals surface area contributed by atoms with E-state index >= 15 is 0 Å². The molecule has 1 fully saturated rings. The van der Waals surface area contributed by atoms with E-state index in [-0.39, 0.29) is 12.1 Å². The maximum absolute atomic E-state index is 9.64. The minimum atomic E-state index is -0.595. The molecule has 0 aliphatic heterocycles. The Morgan fingerprint density at radius 1 is 1.57 bits per heavy atom. The van der Waals surface area contributed by atoms with Gasteiger partial charge in [-0.3, -0.25) is 0 Å². The van der Waals surface area contributed by atoms with Gasteiger partial charge in [0.15, 0.2) is 0 Å². The highest BCUT2D eigenvalue weighted by Gasteiger charge is 2.27. The molecule has 1 aliphatic rings. The monoisotopic (exact) mass is 197 g/mol. The third kappa shape index (κ3) is 1.65. The van der Waals surface area contributed by atoms with E-state index in [0.717, 1.165) is 19.3 Å². The second-order valence-electron chi connectivity index (χ2n) is 3.86. The van der Waals surface area contributed by atoms with Gasteiger partial charge in [-0.05, 0) is 26.2 Å². The lowest BCUT2D eigenvalue weighted by Crippen LogP contribution is -2.18. The molecular weight excluding hydrogens is 182 g/mol. The predicted molar refractivity (Wildman–Crippen MR) is 49.6 cm³/mol. The van der Waals surface area contributed by atoms with Crippen molar-refractivity contribution in [1.29, 1.82) is 0 Å². The fraction of sp³-hybridized carbons (Fsp3) is 0.778. The highest BCUT2D eigenvalue weighted by atomic mass is 16.3. The van der Waals surface area contributed by atoms with Crippen LogP contribution in [0.2, 0.25) is 0 Å². The summed E-state index contributed by atoms with van der Waals surface area (Å²) in [6.45, 7) is 1.65. The highest BCUT2D eigenvalue weighted by molar-refractivity contribution is 4.97. The van der Waals surface area contributed by atoms with E-state index in [1.807, 2.05) is 0 Å². The molecule has 3 atom stereocenters. The third-order valence-corrected chi connectivity index (χ3v) is 2.74. The summed E-state index contributed by atoms with van der Waals surface area (Å²) in [7, 11) is 0. The van der Waals surface area contributed by atoms with Crippen LogP contribution in [0.3, 0.4) is 0 Å². The Morgan fingerprint density at radius 3 is 2.86 bits per heavy atom. The second-order valence-corrected chi connectivity index (χ2v) is 3.86. The Balaban J connectivity index is 2.16. The molecule has 5 heteroatoms. The molecule has 14 heavy (non-hydrogen) atoms. The number of hydrogen-bond acceptors (Lipinski definition) is 4. The van der Waals surface area contributed by atoms with Gasteiger partial charge in [0, 0.05) is 0 Å². The molecule has 0 bridgehead atoms. The van der Waals surface area contributed by atoms with E-state index in [4.69, 9.17) is 0 Å². The van der Waals surface area contributed by atoms with Crippen molar-refractivity contribution in [2.24, 2.45) is 0 Å². The summed E-state index contributed by atoms with van der Waals surface area (Å²) in [6, 6.07) is 0.0370. The van der Waals surface area contributed by atoms with Crippen LogP contribution < -0.4 is 0 Å². The van der Waals surface area contributed by atoms with Crippen LogP contribution in [0.25, 0.3) is 0 Å². The summed E-state index contributed by atoms with van der Waals surface area (Å²) >= 11 is 0. The van der Waals surface area contributed by atoms with Gasteiger partial charge in [0.05, 0.1) is 24.4 Å². The second kappa shape index (κ2) is 3.67. The number of aromatic nitrogens is 3. The van der Waals surface area contributed by atoms with Crippen LogP contribution >= 0.6 is 0 Å². The molecule has 1 saturated carbocycles. The molecule has 0 amide bonds. The summed E-state index contributed by atoms with van der Waals surface area (Å²) in [5.41, 5.74) is 0.559. The molecule has 1 aromatic heterocycles. The number of hydrogen-bond donors (Lipinski definition) is 2. The first-order valence-corrected chi connectivity index (χ1v) is 4.96. The summed E-state index contributed by atoms with van der Waals surface area (Å²) in [6.07, 6.45) is 3.58. The lowest BCUT2D eigenvalue weighted by Gasteiger charge is -2.13. The summed E-state index contributed by atoms with van der Waals surface area (Å²) in [5, 5.41) is 26.7. The van der Waals surface area contributed by atoms with Crippen molar-refractivity contribution in [3.05, 3.63) is 11.9 Å². The quantitative estimate of drug-likeness (QED) is 0.720. The Kier molecular flexibility index (Phi) is 2.52. The van der Waals surface area contributed by atoms with Crippen LogP contribution in [0, 0.1) is 0 Å². The van der Waals surface area contributed by atoms with Gasteiger partial charge in [0.2, 0.25) is 0 Å². The molecule has 0 radical (unpaired) electrons. The third-order valence-electron chi connectivity index (χ3n) is 2.74. The average Bonchev–Trinajstić information content (AvgIpc) is 2.71. The lowest BCUT2D eigenvalue weighted by atomic mass is 10.2. The minimum Gasteiger partial charge on any atom is -0.391 e. The van der Waals surface area contributed by atoms with Crippen LogP contribution in [0.4, 0.5) is 0 Å². The van der Waals surface area contributed by atoms with E-state index in [1.165, 1.54) is 0 Å². The number of rotatable bonds is 2. The van der Waals surface area contributed by atoms with Gasteiger partial charge in [0.1, 0.15) is 5.69 Å². The fourth-order valence-electron chi connectivity index (χ4n) is 1.87. The number of aliphatic hydroxyl groups excluding tert-OH is 2. The van der Waals surface area contributed by atoms with Crippen molar-refractivity contribution < 1.29 is 10.2 Å². The van der Waals surface area contributed by atoms with Crippen LogP contribution in [0.15, 0.2) is 6.20 Å². The van der Waals surface area contributed by atoms with Gasteiger partial charge in [-0.1, -0.05) is 5.21 Å². The Labute approximate surface area is 82.4 Å². The predicted octanol–water partition coefficient (Wildman–Crippen LogP) is 0.417. The van der Waals surface area contributed by atoms with E-state index in [9.17, 15) is 10.2 Å². The molecule has 1 aromatic rings.